The average Bonchev–Trinajstić information content (AvgIpc) is 2.63. The van der Waals surface area contributed by atoms with Crippen molar-refractivity contribution < 1.29 is 19.1 Å². The Morgan fingerprint density at radius 3 is 2.23 bits per heavy atom. The highest BCUT2D eigenvalue weighted by atomic mass is 16.5. The van der Waals surface area contributed by atoms with Gasteiger partial charge in [-0.1, -0.05) is 6.07 Å². The van der Waals surface area contributed by atoms with Crippen molar-refractivity contribution in [1.29, 1.82) is 0 Å². The van der Waals surface area contributed by atoms with Gasteiger partial charge in [-0.25, -0.2) is 0 Å². The molecule has 2 N–H and O–H groups in total. The van der Waals surface area contributed by atoms with E-state index in [9.17, 15) is 9.59 Å². The second kappa shape index (κ2) is 9.46. The van der Waals surface area contributed by atoms with Crippen LogP contribution in [0.3, 0.4) is 0 Å². The highest BCUT2D eigenvalue weighted by molar-refractivity contribution is 5.94. The normalized spacial score (nSPS) is 10.1. The van der Waals surface area contributed by atoms with Crippen molar-refractivity contribution in [3.8, 4) is 11.5 Å². The van der Waals surface area contributed by atoms with Gasteiger partial charge < -0.3 is 20.1 Å². The largest absolute Gasteiger partial charge is 0.494 e. The molecule has 138 valence electrons. The Balaban J connectivity index is 1.72. The van der Waals surface area contributed by atoms with Crippen molar-refractivity contribution in [2.45, 2.75) is 20.8 Å². The third kappa shape index (κ3) is 6.12. The second-order valence-electron chi connectivity index (χ2n) is 5.82. The minimum atomic E-state index is -0.356. The van der Waals surface area contributed by atoms with E-state index in [4.69, 9.17) is 9.47 Å². The first-order valence-electron chi connectivity index (χ1n) is 8.47. The molecule has 0 heterocycles. The van der Waals surface area contributed by atoms with Crippen LogP contribution in [0.2, 0.25) is 0 Å². The number of ether oxygens (including phenoxy) is 2. The van der Waals surface area contributed by atoms with Crippen molar-refractivity contribution in [1.82, 2.24) is 5.32 Å². The van der Waals surface area contributed by atoms with E-state index in [1.54, 1.807) is 24.3 Å². The van der Waals surface area contributed by atoms with E-state index >= 15 is 0 Å². The Kier molecular flexibility index (Phi) is 7.02. The lowest BCUT2D eigenvalue weighted by Gasteiger charge is -2.10. The Morgan fingerprint density at radius 2 is 1.58 bits per heavy atom. The summed E-state index contributed by atoms with van der Waals surface area (Å²) in [7, 11) is 0. The first-order valence-corrected chi connectivity index (χ1v) is 8.47. The topological polar surface area (TPSA) is 76.7 Å². The number of anilines is 1. The number of amides is 2. The molecule has 0 aromatic heterocycles. The van der Waals surface area contributed by atoms with Crippen LogP contribution in [-0.4, -0.2) is 31.6 Å². The van der Waals surface area contributed by atoms with E-state index < -0.39 is 0 Å². The molecule has 0 radical (unpaired) electrons. The molecule has 0 aliphatic rings. The third-order valence-corrected chi connectivity index (χ3v) is 3.74. The van der Waals surface area contributed by atoms with Crippen LogP contribution in [0.15, 0.2) is 42.5 Å². The van der Waals surface area contributed by atoms with Crippen LogP contribution in [-0.2, 0) is 9.59 Å². The Hall–Kier alpha value is -3.02. The predicted molar refractivity (Wildman–Crippen MR) is 101 cm³/mol. The summed E-state index contributed by atoms with van der Waals surface area (Å²) in [5.74, 6) is 0.697. The summed E-state index contributed by atoms with van der Waals surface area (Å²) < 4.78 is 10.8. The second-order valence-corrected chi connectivity index (χ2v) is 5.82. The predicted octanol–water partition coefficient (Wildman–Crippen LogP) is 2.84. The van der Waals surface area contributed by atoms with E-state index in [-0.39, 0.29) is 25.0 Å². The molecule has 2 aromatic rings. The molecule has 0 unspecified atom stereocenters. The van der Waals surface area contributed by atoms with Crippen molar-refractivity contribution in [3.63, 3.8) is 0 Å². The van der Waals surface area contributed by atoms with Gasteiger partial charge in [-0.15, -0.1) is 0 Å². The van der Waals surface area contributed by atoms with E-state index in [1.165, 1.54) is 0 Å². The van der Waals surface area contributed by atoms with Crippen LogP contribution in [0.4, 0.5) is 5.69 Å². The van der Waals surface area contributed by atoms with Crippen LogP contribution >= 0.6 is 0 Å². The van der Waals surface area contributed by atoms with E-state index in [2.05, 4.69) is 10.6 Å². The first kappa shape index (κ1) is 19.3. The Morgan fingerprint density at radius 1 is 0.885 bits per heavy atom. The molecule has 0 aliphatic heterocycles. The minimum absolute atomic E-state index is 0.123. The van der Waals surface area contributed by atoms with Gasteiger partial charge in [0.2, 0.25) is 5.91 Å². The van der Waals surface area contributed by atoms with Gasteiger partial charge in [0, 0.05) is 5.69 Å². The summed E-state index contributed by atoms with van der Waals surface area (Å²) >= 11 is 0. The molecule has 0 atom stereocenters. The number of hydrogen-bond donors (Lipinski definition) is 2. The maximum Gasteiger partial charge on any atom is 0.258 e. The Bertz CT molecular complexity index is 757. The number of carbonyl (C=O) groups is 2. The zero-order chi connectivity index (χ0) is 18.9. The maximum atomic E-state index is 11.9. The average molecular weight is 356 g/mol. The van der Waals surface area contributed by atoms with Crippen LogP contribution < -0.4 is 20.1 Å². The third-order valence-electron chi connectivity index (χ3n) is 3.74. The van der Waals surface area contributed by atoms with Gasteiger partial charge in [0.25, 0.3) is 5.91 Å². The molecule has 2 aromatic carbocycles. The van der Waals surface area contributed by atoms with E-state index in [0.717, 1.165) is 16.9 Å². The molecule has 6 nitrogen and oxygen atoms in total. The molecule has 26 heavy (non-hydrogen) atoms. The van der Waals surface area contributed by atoms with Crippen molar-refractivity contribution in [2.24, 2.45) is 0 Å². The highest BCUT2D eigenvalue weighted by Crippen LogP contribution is 2.16. The number of benzene rings is 2. The zero-order valence-electron chi connectivity index (χ0n) is 15.3. The summed E-state index contributed by atoms with van der Waals surface area (Å²) in [5.41, 5.74) is 2.89. The number of carbonyl (C=O) groups excluding carboxylic acids is 2. The fourth-order valence-electron chi connectivity index (χ4n) is 2.19. The van der Waals surface area contributed by atoms with Gasteiger partial charge >= 0.3 is 0 Å². The smallest absolute Gasteiger partial charge is 0.258 e. The van der Waals surface area contributed by atoms with Gasteiger partial charge in [0.15, 0.2) is 6.61 Å². The van der Waals surface area contributed by atoms with Crippen LogP contribution in [0, 0.1) is 13.8 Å². The lowest BCUT2D eigenvalue weighted by Crippen LogP contribution is -2.35. The molecule has 0 aliphatic carbocycles. The number of hydrogen-bond acceptors (Lipinski definition) is 4. The SMILES string of the molecule is CCOc1ccc(NC(=O)CNC(=O)COc2ccc(C)c(C)c2)cc1. The minimum Gasteiger partial charge on any atom is -0.494 e. The van der Waals surface area contributed by atoms with Crippen molar-refractivity contribution in [2.75, 3.05) is 25.1 Å². The molecule has 0 bridgehead atoms. The molecular formula is C20H24N2O4. The quantitative estimate of drug-likeness (QED) is 0.762. The number of aryl methyl sites for hydroxylation is 2. The summed E-state index contributed by atoms with van der Waals surface area (Å²) in [6.07, 6.45) is 0. The van der Waals surface area contributed by atoms with Crippen LogP contribution in [0.5, 0.6) is 11.5 Å². The first-order chi connectivity index (χ1) is 12.5. The summed E-state index contributed by atoms with van der Waals surface area (Å²) in [6, 6.07) is 12.7. The van der Waals surface area contributed by atoms with Crippen molar-refractivity contribution >= 4 is 17.5 Å². The summed E-state index contributed by atoms with van der Waals surface area (Å²) in [5, 5.41) is 5.23. The summed E-state index contributed by atoms with van der Waals surface area (Å²) in [4.78, 5) is 23.7. The van der Waals surface area contributed by atoms with Gasteiger partial charge in [0.1, 0.15) is 11.5 Å². The zero-order valence-corrected chi connectivity index (χ0v) is 15.3. The van der Waals surface area contributed by atoms with E-state index in [0.29, 0.717) is 18.0 Å². The fourth-order valence-corrected chi connectivity index (χ4v) is 2.19. The van der Waals surface area contributed by atoms with Gasteiger partial charge in [-0.3, -0.25) is 9.59 Å². The molecule has 0 spiro atoms. The molecule has 0 fully saturated rings. The van der Waals surface area contributed by atoms with Crippen LogP contribution in [0.25, 0.3) is 0 Å². The van der Waals surface area contributed by atoms with E-state index in [1.807, 2.05) is 39.0 Å². The molecular weight excluding hydrogens is 332 g/mol. The molecule has 2 rings (SSSR count). The van der Waals surface area contributed by atoms with Gasteiger partial charge in [-0.05, 0) is 68.3 Å². The molecule has 0 saturated heterocycles. The standard InChI is InChI=1S/C20H24N2O4/c1-4-25-17-9-6-16(7-10-17)22-19(23)12-21-20(24)13-26-18-8-5-14(2)15(3)11-18/h5-11H,4,12-13H2,1-3H3,(H,21,24)(H,22,23). The van der Waals surface area contributed by atoms with Gasteiger partial charge in [0.05, 0.1) is 13.2 Å². The number of rotatable bonds is 8. The molecule has 2 amide bonds. The monoisotopic (exact) mass is 356 g/mol. The molecule has 6 heteroatoms. The fraction of sp³-hybridized carbons (Fsp3) is 0.300. The maximum absolute atomic E-state index is 11.9. The van der Waals surface area contributed by atoms with Crippen molar-refractivity contribution in [3.05, 3.63) is 53.6 Å². The Labute approximate surface area is 153 Å². The lowest BCUT2D eigenvalue weighted by atomic mass is 10.1. The number of nitrogens with one attached hydrogen (secondary N) is 2. The van der Waals surface area contributed by atoms with Gasteiger partial charge in [-0.2, -0.15) is 0 Å². The summed E-state index contributed by atoms with van der Waals surface area (Å²) in [6.45, 7) is 6.22. The molecule has 0 saturated carbocycles. The van der Waals surface area contributed by atoms with Crippen LogP contribution in [0.1, 0.15) is 18.1 Å². The lowest BCUT2D eigenvalue weighted by molar-refractivity contribution is -0.125. The highest BCUT2D eigenvalue weighted by Gasteiger charge is 2.07.